The van der Waals surface area contributed by atoms with Crippen molar-refractivity contribution in [1.29, 1.82) is 0 Å². The minimum absolute atomic E-state index is 0.0606. The zero-order valence-corrected chi connectivity index (χ0v) is 11.2. The summed E-state index contributed by atoms with van der Waals surface area (Å²) in [7, 11) is 1.28. The fourth-order valence-electron chi connectivity index (χ4n) is 3.12. The van der Waals surface area contributed by atoms with Crippen LogP contribution in [0.25, 0.3) is 0 Å². The third kappa shape index (κ3) is 2.08. The Kier molecular flexibility index (Phi) is 3.44. The number of ether oxygens (including phenoxy) is 3. The molecule has 2 saturated heterocycles. The first kappa shape index (κ1) is 13.1. The summed E-state index contributed by atoms with van der Waals surface area (Å²) in [5.74, 6) is -2.24. The van der Waals surface area contributed by atoms with Crippen molar-refractivity contribution in [1.82, 2.24) is 0 Å². The molecule has 3 rings (SSSR count). The summed E-state index contributed by atoms with van der Waals surface area (Å²) in [5.41, 5.74) is 1.10. The maximum absolute atomic E-state index is 11.9. The van der Waals surface area contributed by atoms with E-state index in [4.69, 9.17) is 14.2 Å². The van der Waals surface area contributed by atoms with Crippen molar-refractivity contribution in [2.24, 2.45) is 11.8 Å². The van der Waals surface area contributed by atoms with Crippen LogP contribution >= 0.6 is 0 Å². The van der Waals surface area contributed by atoms with Crippen LogP contribution in [0, 0.1) is 11.8 Å². The number of esters is 2. The molecule has 4 atom stereocenters. The summed E-state index contributed by atoms with van der Waals surface area (Å²) in [5, 5.41) is 0. The predicted molar refractivity (Wildman–Crippen MR) is 68.6 cm³/mol. The van der Waals surface area contributed by atoms with Crippen LogP contribution in [-0.4, -0.2) is 31.9 Å². The van der Waals surface area contributed by atoms with Crippen molar-refractivity contribution in [3.05, 3.63) is 35.9 Å². The number of benzene rings is 1. The van der Waals surface area contributed by atoms with Gasteiger partial charge in [-0.25, -0.2) is 0 Å². The van der Waals surface area contributed by atoms with E-state index < -0.39 is 24.1 Å². The Labute approximate surface area is 116 Å². The number of carbonyl (C=O) groups is 2. The van der Waals surface area contributed by atoms with E-state index in [1.54, 1.807) is 0 Å². The van der Waals surface area contributed by atoms with Gasteiger partial charge in [0.2, 0.25) is 6.29 Å². The van der Waals surface area contributed by atoms with Gasteiger partial charge in [-0.15, -0.1) is 0 Å². The molecule has 1 aromatic carbocycles. The Morgan fingerprint density at radius 1 is 1.30 bits per heavy atom. The molecule has 106 valence electrons. The van der Waals surface area contributed by atoms with Gasteiger partial charge in [-0.1, -0.05) is 30.3 Å². The van der Waals surface area contributed by atoms with Crippen LogP contribution in [0.5, 0.6) is 0 Å². The summed E-state index contributed by atoms with van der Waals surface area (Å²) < 4.78 is 15.4. The highest BCUT2D eigenvalue weighted by Gasteiger charge is 2.55. The summed E-state index contributed by atoms with van der Waals surface area (Å²) in [4.78, 5) is 23.8. The molecule has 0 spiro atoms. The first-order valence-corrected chi connectivity index (χ1v) is 6.67. The zero-order valence-electron chi connectivity index (χ0n) is 11.2. The Morgan fingerprint density at radius 2 is 2.05 bits per heavy atom. The van der Waals surface area contributed by atoms with Gasteiger partial charge in [0.25, 0.3) is 0 Å². The average Bonchev–Trinajstić information content (AvgIpc) is 2.83. The molecule has 0 aliphatic carbocycles. The highest BCUT2D eigenvalue weighted by molar-refractivity contribution is 5.96. The van der Waals surface area contributed by atoms with Crippen molar-refractivity contribution < 1.29 is 23.8 Å². The third-order valence-electron chi connectivity index (χ3n) is 4.04. The standard InChI is InChI=1S/C15H16O5/c1-18-13(16)12-11-10(9-5-3-2-4-6-9)7-8-19-15(11)20-14(12)17/h2-6,10-12,15H,7-8H2,1H3/t10-,11+,12-,15-/m0/s1. The van der Waals surface area contributed by atoms with Gasteiger partial charge in [-0.05, 0) is 17.9 Å². The molecule has 2 fully saturated rings. The maximum atomic E-state index is 11.9. The molecule has 2 aliphatic rings. The van der Waals surface area contributed by atoms with Crippen molar-refractivity contribution in [2.45, 2.75) is 18.6 Å². The maximum Gasteiger partial charge on any atom is 0.323 e. The van der Waals surface area contributed by atoms with Gasteiger partial charge >= 0.3 is 11.9 Å². The molecule has 2 aliphatic heterocycles. The average molecular weight is 276 g/mol. The van der Waals surface area contributed by atoms with Crippen LogP contribution in [0.2, 0.25) is 0 Å². The second kappa shape index (κ2) is 5.25. The van der Waals surface area contributed by atoms with Crippen LogP contribution in [0.15, 0.2) is 30.3 Å². The van der Waals surface area contributed by atoms with Gasteiger partial charge < -0.3 is 14.2 Å². The smallest absolute Gasteiger partial charge is 0.323 e. The first-order valence-electron chi connectivity index (χ1n) is 6.67. The molecule has 5 nitrogen and oxygen atoms in total. The van der Waals surface area contributed by atoms with Crippen molar-refractivity contribution in [3.8, 4) is 0 Å². The molecule has 0 saturated carbocycles. The van der Waals surface area contributed by atoms with Crippen molar-refractivity contribution in [2.75, 3.05) is 13.7 Å². The topological polar surface area (TPSA) is 61.8 Å². The van der Waals surface area contributed by atoms with E-state index in [-0.39, 0.29) is 11.8 Å². The van der Waals surface area contributed by atoms with Crippen molar-refractivity contribution >= 4 is 11.9 Å². The second-order valence-corrected chi connectivity index (χ2v) is 5.06. The summed E-state index contributed by atoms with van der Waals surface area (Å²) in [6.07, 6.45) is 0.112. The molecule has 0 bridgehead atoms. The fourth-order valence-corrected chi connectivity index (χ4v) is 3.12. The summed E-state index contributed by atoms with van der Waals surface area (Å²) >= 11 is 0. The predicted octanol–water partition coefficient (Wildman–Crippen LogP) is 1.48. The van der Waals surface area contributed by atoms with Crippen molar-refractivity contribution in [3.63, 3.8) is 0 Å². The molecule has 0 N–H and O–H groups in total. The molecule has 0 radical (unpaired) electrons. The fraction of sp³-hybridized carbons (Fsp3) is 0.467. The quantitative estimate of drug-likeness (QED) is 0.605. The molecule has 0 amide bonds. The number of hydrogen-bond donors (Lipinski definition) is 0. The van der Waals surface area contributed by atoms with Gasteiger partial charge in [0, 0.05) is 0 Å². The van der Waals surface area contributed by atoms with Gasteiger partial charge in [-0.2, -0.15) is 0 Å². The molecule has 20 heavy (non-hydrogen) atoms. The summed E-state index contributed by atoms with van der Waals surface area (Å²) in [6.45, 7) is 0.516. The Balaban J connectivity index is 1.95. The minimum Gasteiger partial charge on any atom is -0.468 e. The van der Waals surface area contributed by atoms with E-state index in [1.807, 2.05) is 30.3 Å². The van der Waals surface area contributed by atoms with E-state index in [1.165, 1.54) is 7.11 Å². The van der Waals surface area contributed by atoms with Gasteiger partial charge in [-0.3, -0.25) is 9.59 Å². The van der Waals surface area contributed by atoms with Gasteiger partial charge in [0.05, 0.1) is 19.6 Å². The highest BCUT2D eigenvalue weighted by atomic mass is 16.7. The zero-order chi connectivity index (χ0) is 14.1. The van der Waals surface area contributed by atoms with E-state index >= 15 is 0 Å². The number of fused-ring (bicyclic) bond motifs is 1. The number of methoxy groups -OCH3 is 1. The number of rotatable bonds is 2. The van der Waals surface area contributed by atoms with Crippen LogP contribution in [0.1, 0.15) is 17.9 Å². The van der Waals surface area contributed by atoms with Crippen LogP contribution < -0.4 is 0 Å². The van der Waals surface area contributed by atoms with E-state index in [0.717, 1.165) is 12.0 Å². The Bertz CT molecular complexity index is 512. The Hall–Kier alpha value is -1.88. The lowest BCUT2D eigenvalue weighted by Gasteiger charge is -2.33. The monoisotopic (exact) mass is 276 g/mol. The highest BCUT2D eigenvalue weighted by Crippen LogP contribution is 2.45. The van der Waals surface area contributed by atoms with E-state index in [9.17, 15) is 9.59 Å². The summed E-state index contributed by atoms with van der Waals surface area (Å²) in [6, 6.07) is 9.85. The van der Waals surface area contributed by atoms with Crippen LogP contribution in [0.4, 0.5) is 0 Å². The number of hydrogen-bond acceptors (Lipinski definition) is 5. The van der Waals surface area contributed by atoms with E-state index in [0.29, 0.717) is 6.61 Å². The van der Waals surface area contributed by atoms with Gasteiger partial charge in [0.15, 0.2) is 5.92 Å². The lowest BCUT2D eigenvalue weighted by molar-refractivity contribution is -0.176. The lowest BCUT2D eigenvalue weighted by Crippen LogP contribution is -2.38. The van der Waals surface area contributed by atoms with Gasteiger partial charge in [0.1, 0.15) is 0 Å². The molecule has 1 aromatic rings. The molecule has 5 heteroatoms. The number of carbonyl (C=O) groups excluding carboxylic acids is 2. The Morgan fingerprint density at radius 3 is 2.75 bits per heavy atom. The normalized spacial score (nSPS) is 32.4. The molecule has 0 unspecified atom stereocenters. The largest absolute Gasteiger partial charge is 0.468 e. The molecule has 0 aromatic heterocycles. The first-order chi connectivity index (χ1) is 9.72. The molecular weight excluding hydrogens is 260 g/mol. The SMILES string of the molecule is COC(=O)[C@H]1C(=O)O[C@@H]2OCC[C@@H](c3ccccc3)[C@@H]21. The minimum atomic E-state index is -0.893. The van der Waals surface area contributed by atoms with Crippen LogP contribution in [0.3, 0.4) is 0 Å². The molecule has 2 heterocycles. The van der Waals surface area contributed by atoms with Crippen LogP contribution in [-0.2, 0) is 23.8 Å². The van der Waals surface area contributed by atoms with E-state index in [2.05, 4.69) is 0 Å². The lowest BCUT2D eigenvalue weighted by atomic mass is 9.76. The second-order valence-electron chi connectivity index (χ2n) is 5.06. The molecular formula is C15H16O5. The third-order valence-corrected chi connectivity index (χ3v) is 4.04.